The number of sulfonamides is 1. The van der Waals surface area contributed by atoms with E-state index in [1.54, 1.807) is 0 Å². The van der Waals surface area contributed by atoms with E-state index in [-0.39, 0.29) is 24.0 Å². The van der Waals surface area contributed by atoms with Crippen molar-refractivity contribution < 1.29 is 21.6 Å². The van der Waals surface area contributed by atoms with Gasteiger partial charge in [-0.2, -0.15) is 17.5 Å². The zero-order chi connectivity index (χ0) is 15.0. The van der Waals surface area contributed by atoms with Crippen LogP contribution in [0.5, 0.6) is 0 Å². The van der Waals surface area contributed by atoms with Gasteiger partial charge in [0.05, 0.1) is 10.5 Å². The Morgan fingerprint density at radius 2 is 2.00 bits per heavy atom. The van der Waals surface area contributed by atoms with Crippen LogP contribution in [0.2, 0.25) is 0 Å². The van der Waals surface area contributed by atoms with Crippen molar-refractivity contribution in [3.8, 4) is 0 Å². The highest BCUT2D eigenvalue weighted by atomic mass is 32.2. The number of alkyl halides is 3. The normalized spacial score (nSPS) is 21.9. The minimum Gasteiger partial charge on any atom is -0.327 e. The van der Waals surface area contributed by atoms with Crippen LogP contribution in [0.15, 0.2) is 29.2 Å². The van der Waals surface area contributed by atoms with E-state index in [1.807, 2.05) is 0 Å². The summed E-state index contributed by atoms with van der Waals surface area (Å²) in [6.07, 6.45) is -3.24. The molecule has 1 heterocycles. The van der Waals surface area contributed by atoms with Crippen LogP contribution in [0.4, 0.5) is 13.2 Å². The van der Waals surface area contributed by atoms with Crippen molar-refractivity contribution in [3.05, 3.63) is 29.8 Å². The van der Waals surface area contributed by atoms with Gasteiger partial charge in [0.15, 0.2) is 0 Å². The molecule has 0 spiro atoms. The van der Waals surface area contributed by atoms with Crippen LogP contribution in [-0.2, 0) is 16.2 Å². The molecule has 4 nitrogen and oxygen atoms in total. The predicted octanol–water partition coefficient (Wildman–Crippen LogP) is 1.82. The number of piperidine rings is 1. The van der Waals surface area contributed by atoms with E-state index in [0.717, 1.165) is 16.4 Å². The standard InChI is InChI=1S/C12H15F3N2O2S/c13-12(14,15)9-3-1-5-11(7-9)20(18,19)17-6-2-4-10(16)8-17/h1,3,5,7,10H,2,4,6,8,16H2/t10-/m1/s1. The summed E-state index contributed by atoms with van der Waals surface area (Å²) in [5, 5.41) is 0. The maximum atomic E-state index is 12.6. The molecule has 0 radical (unpaired) electrons. The lowest BCUT2D eigenvalue weighted by Gasteiger charge is -2.30. The maximum absolute atomic E-state index is 12.6. The molecule has 1 saturated heterocycles. The molecule has 8 heteroatoms. The van der Waals surface area contributed by atoms with Crippen molar-refractivity contribution in [2.75, 3.05) is 13.1 Å². The number of hydrogen-bond acceptors (Lipinski definition) is 3. The molecule has 2 N–H and O–H groups in total. The average Bonchev–Trinajstić information content (AvgIpc) is 2.38. The third-order valence-corrected chi connectivity index (χ3v) is 5.08. The lowest BCUT2D eigenvalue weighted by atomic mass is 10.1. The molecule has 0 bridgehead atoms. The fourth-order valence-corrected chi connectivity index (χ4v) is 3.76. The van der Waals surface area contributed by atoms with E-state index in [0.29, 0.717) is 18.9 Å². The summed E-state index contributed by atoms with van der Waals surface area (Å²) in [6.45, 7) is 0.421. The molecule has 1 atom stereocenters. The van der Waals surface area contributed by atoms with Crippen LogP contribution in [0, 0.1) is 0 Å². The molecule has 1 fully saturated rings. The quantitative estimate of drug-likeness (QED) is 0.906. The summed E-state index contributed by atoms with van der Waals surface area (Å²) in [7, 11) is -3.92. The zero-order valence-corrected chi connectivity index (χ0v) is 11.4. The van der Waals surface area contributed by atoms with Crippen LogP contribution in [0.3, 0.4) is 0 Å². The second-order valence-corrected chi connectivity index (χ2v) is 6.73. The highest BCUT2D eigenvalue weighted by Crippen LogP contribution is 2.31. The Bertz CT molecular complexity index is 587. The van der Waals surface area contributed by atoms with Crippen molar-refractivity contribution >= 4 is 10.0 Å². The van der Waals surface area contributed by atoms with E-state index in [1.165, 1.54) is 6.07 Å². The summed E-state index contributed by atoms with van der Waals surface area (Å²) in [6, 6.07) is 3.50. The second kappa shape index (κ2) is 5.34. The first-order chi connectivity index (χ1) is 9.21. The average molecular weight is 308 g/mol. The molecule has 1 aromatic rings. The van der Waals surface area contributed by atoms with Gasteiger partial charge < -0.3 is 5.73 Å². The predicted molar refractivity (Wildman–Crippen MR) is 67.4 cm³/mol. The summed E-state index contributed by atoms with van der Waals surface area (Å²) < 4.78 is 63.7. The van der Waals surface area contributed by atoms with Gasteiger partial charge in [0.1, 0.15) is 0 Å². The maximum Gasteiger partial charge on any atom is 0.416 e. The van der Waals surface area contributed by atoms with Gasteiger partial charge in [0.2, 0.25) is 10.0 Å². The van der Waals surface area contributed by atoms with Gasteiger partial charge in [-0.05, 0) is 31.0 Å². The van der Waals surface area contributed by atoms with Crippen LogP contribution in [0.1, 0.15) is 18.4 Å². The molecular formula is C12H15F3N2O2S. The van der Waals surface area contributed by atoms with Gasteiger partial charge in [0.25, 0.3) is 0 Å². The van der Waals surface area contributed by atoms with E-state index < -0.39 is 21.8 Å². The van der Waals surface area contributed by atoms with Gasteiger partial charge in [0, 0.05) is 19.1 Å². The van der Waals surface area contributed by atoms with Crippen LogP contribution in [0.25, 0.3) is 0 Å². The highest BCUT2D eigenvalue weighted by Gasteiger charge is 2.34. The third-order valence-electron chi connectivity index (χ3n) is 3.22. The number of nitrogens with zero attached hydrogens (tertiary/aromatic N) is 1. The molecule has 0 amide bonds. The fourth-order valence-electron chi connectivity index (χ4n) is 2.17. The van der Waals surface area contributed by atoms with Crippen LogP contribution < -0.4 is 5.73 Å². The number of rotatable bonds is 2. The second-order valence-electron chi connectivity index (χ2n) is 4.79. The van der Waals surface area contributed by atoms with E-state index in [4.69, 9.17) is 5.73 Å². The Morgan fingerprint density at radius 1 is 1.30 bits per heavy atom. The molecule has 0 saturated carbocycles. The first-order valence-corrected chi connectivity index (χ1v) is 7.58. The first-order valence-electron chi connectivity index (χ1n) is 6.14. The Kier molecular flexibility index (Phi) is 4.08. The van der Waals surface area contributed by atoms with Crippen LogP contribution in [-0.4, -0.2) is 31.9 Å². The number of halogens is 3. The minimum atomic E-state index is -4.57. The largest absolute Gasteiger partial charge is 0.416 e. The lowest BCUT2D eigenvalue weighted by molar-refractivity contribution is -0.137. The molecule has 20 heavy (non-hydrogen) atoms. The SMILES string of the molecule is N[C@@H]1CCCN(S(=O)(=O)c2cccc(C(F)(F)F)c2)C1. The summed E-state index contributed by atoms with van der Waals surface area (Å²) in [5.74, 6) is 0. The molecular weight excluding hydrogens is 293 g/mol. The molecule has 1 aliphatic rings. The highest BCUT2D eigenvalue weighted by molar-refractivity contribution is 7.89. The Labute approximate surface area is 115 Å². The Hall–Kier alpha value is -1.12. The van der Waals surface area contributed by atoms with Gasteiger partial charge in [-0.25, -0.2) is 8.42 Å². The summed E-state index contributed by atoms with van der Waals surface area (Å²) in [4.78, 5) is -0.346. The topological polar surface area (TPSA) is 63.4 Å². The van der Waals surface area contributed by atoms with Crippen molar-refractivity contribution in [2.24, 2.45) is 5.73 Å². The molecule has 0 aliphatic carbocycles. The Morgan fingerprint density at radius 3 is 2.60 bits per heavy atom. The zero-order valence-electron chi connectivity index (χ0n) is 10.6. The van der Waals surface area contributed by atoms with Crippen molar-refractivity contribution in [3.63, 3.8) is 0 Å². The number of benzene rings is 1. The molecule has 1 aliphatic heterocycles. The monoisotopic (exact) mass is 308 g/mol. The van der Waals surface area contributed by atoms with Gasteiger partial charge >= 0.3 is 6.18 Å². The summed E-state index contributed by atoms with van der Waals surface area (Å²) in [5.41, 5.74) is 4.74. The Balaban J connectivity index is 2.34. The number of hydrogen-bond donors (Lipinski definition) is 1. The molecule has 0 unspecified atom stereocenters. The van der Waals surface area contributed by atoms with Crippen LogP contribution >= 0.6 is 0 Å². The van der Waals surface area contributed by atoms with Gasteiger partial charge in [-0.15, -0.1) is 0 Å². The molecule has 0 aromatic heterocycles. The van der Waals surface area contributed by atoms with E-state index >= 15 is 0 Å². The van der Waals surface area contributed by atoms with Crippen molar-refractivity contribution in [2.45, 2.75) is 30.0 Å². The van der Waals surface area contributed by atoms with E-state index in [9.17, 15) is 21.6 Å². The van der Waals surface area contributed by atoms with Gasteiger partial charge in [-0.3, -0.25) is 0 Å². The summed E-state index contributed by atoms with van der Waals surface area (Å²) >= 11 is 0. The minimum absolute atomic E-state index is 0.137. The molecule has 1 aromatic carbocycles. The molecule has 112 valence electrons. The first kappa shape index (κ1) is 15.3. The van der Waals surface area contributed by atoms with E-state index in [2.05, 4.69) is 0 Å². The molecule has 2 rings (SSSR count). The number of nitrogens with two attached hydrogens (primary N) is 1. The lowest BCUT2D eigenvalue weighted by Crippen LogP contribution is -2.45. The fraction of sp³-hybridized carbons (Fsp3) is 0.500. The smallest absolute Gasteiger partial charge is 0.327 e. The van der Waals surface area contributed by atoms with Crippen molar-refractivity contribution in [1.82, 2.24) is 4.31 Å². The van der Waals surface area contributed by atoms with Crippen molar-refractivity contribution in [1.29, 1.82) is 0 Å². The van der Waals surface area contributed by atoms with Gasteiger partial charge in [-0.1, -0.05) is 6.07 Å². The third kappa shape index (κ3) is 3.13.